The summed E-state index contributed by atoms with van der Waals surface area (Å²) in [5, 5.41) is 0. The summed E-state index contributed by atoms with van der Waals surface area (Å²) >= 11 is 0. The molecule has 1 aromatic carbocycles. The van der Waals surface area contributed by atoms with Crippen LogP contribution in [0, 0.1) is 0 Å². The van der Waals surface area contributed by atoms with E-state index in [-0.39, 0.29) is 5.97 Å². The topological polar surface area (TPSA) is 43.4 Å². The number of benzene rings is 1. The molecule has 0 atom stereocenters. The molecule has 3 heteroatoms. The molecule has 1 aliphatic carbocycles. The van der Waals surface area contributed by atoms with Crippen molar-refractivity contribution in [2.24, 2.45) is 0 Å². The molecule has 0 radical (unpaired) electrons. The van der Waals surface area contributed by atoms with Crippen LogP contribution in [0.3, 0.4) is 0 Å². The second-order valence-electron chi connectivity index (χ2n) is 4.40. The lowest BCUT2D eigenvalue weighted by molar-refractivity contribution is -0.144. The molecule has 0 aromatic heterocycles. The smallest absolute Gasteiger partial charge is 0.305 e. The first kappa shape index (κ1) is 11.8. The van der Waals surface area contributed by atoms with Crippen molar-refractivity contribution in [1.29, 1.82) is 0 Å². The Morgan fingerprint density at radius 3 is 2.82 bits per heavy atom. The number of ether oxygens (including phenoxy) is 1. The van der Waals surface area contributed by atoms with Gasteiger partial charge in [-0.3, -0.25) is 9.59 Å². The molecular formula is C14H16O3. The zero-order chi connectivity index (χ0) is 12.3. The van der Waals surface area contributed by atoms with E-state index < -0.39 is 0 Å². The van der Waals surface area contributed by atoms with E-state index in [2.05, 4.69) is 0 Å². The van der Waals surface area contributed by atoms with Crippen molar-refractivity contribution in [3.05, 3.63) is 35.4 Å². The Hall–Kier alpha value is -1.64. The molecule has 0 spiro atoms. The Kier molecular flexibility index (Phi) is 3.57. The zero-order valence-electron chi connectivity index (χ0n) is 9.94. The van der Waals surface area contributed by atoms with Gasteiger partial charge in [-0.2, -0.15) is 0 Å². The van der Waals surface area contributed by atoms with E-state index in [1.807, 2.05) is 24.3 Å². The first-order valence-corrected chi connectivity index (χ1v) is 5.95. The van der Waals surface area contributed by atoms with Gasteiger partial charge in [0, 0.05) is 19.3 Å². The van der Waals surface area contributed by atoms with Gasteiger partial charge in [-0.15, -0.1) is 0 Å². The fourth-order valence-corrected chi connectivity index (χ4v) is 1.93. The maximum atomic E-state index is 11.0. The molecule has 90 valence electrons. The fourth-order valence-electron chi connectivity index (χ4n) is 1.93. The monoisotopic (exact) mass is 232 g/mol. The van der Waals surface area contributed by atoms with Crippen molar-refractivity contribution >= 4 is 11.8 Å². The van der Waals surface area contributed by atoms with Crippen molar-refractivity contribution in [2.45, 2.75) is 38.7 Å². The molecule has 3 nitrogen and oxygen atoms in total. The summed E-state index contributed by atoms with van der Waals surface area (Å²) in [5.74, 6) is 0.511. The molecule has 0 saturated heterocycles. The van der Waals surface area contributed by atoms with Gasteiger partial charge in [-0.05, 0) is 17.0 Å². The van der Waals surface area contributed by atoms with Gasteiger partial charge in [-0.25, -0.2) is 0 Å². The van der Waals surface area contributed by atoms with Gasteiger partial charge in [0.05, 0.1) is 0 Å². The molecule has 1 fully saturated rings. The third-order valence-electron chi connectivity index (χ3n) is 3.06. The molecular weight excluding hydrogens is 216 g/mol. The van der Waals surface area contributed by atoms with Gasteiger partial charge >= 0.3 is 5.97 Å². The van der Waals surface area contributed by atoms with Gasteiger partial charge in [0.15, 0.2) is 0 Å². The summed E-state index contributed by atoms with van der Waals surface area (Å²) in [6.45, 7) is 2.10. The van der Waals surface area contributed by atoms with E-state index in [4.69, 9.17) is 4.74 Å². The predicted molar refractivity (Wildman–Crippen MR) is 63.5 cm³/mol. The number of hydrogen-bond acceptors (Lipinski definition) is 3. The van der Waals surface area contributed by atoms with E-state index in [1.54, 1.807) is 6.92 Å². The van der Waals surface area contributed by atoms with Gasteiger partial charge in [0.2, 0.25) is 0 Å². The van der Waals surface area contributed by atoms with Crippen LogP contribution < -0.4 is 0 Å². The Labute approximate surface area is 101 Å². The summed E-state index contributed by atoms with van der Waals surface area (Å²) < 4.78 is 5.08. The summed E-state index contributed by atoms with van der Waals surface area (Å²) in [6, 6.07) is 7.95. The highest BCUT2D eigenvalue weighted by Gasteiger charge is 2.27. The van der Waals surface area contributed by atoms with Gasteiger partial charge in [-0.1, -0.05) is 31.2 Å². The molecule has 0 heterocycles. The summed E-state index contributed by atoms with van der Waals surface area (Å²) in [4.78, 5) is 22.0. The van der Waals surface area contributed by atoms with Crippen LogP contribution in [0.5, 0.6) is 0 Å². The zero-order valence-corrected chi connectivity index (χ0v) is 9.94. The molecule has 2 rings (SSSR count). The summed E-state index contributed by atoms with van der Waals surface area (Å²) in [7, 11) is 0. The lowest BCUT2D eigenvalue weighted by Crippen LogP contribution is -2.21. The normalized spacial score (nSPS) is 15.5. The molecule has 0 aliphatic heterocycles. The molecule has 0 bridgehead atoms. The van der Waals surface area contributed by atoms with Gasteiger partial charge in [0.1, 0.15) is 12.4 Å². The van der Waals surface area contributed by atoms with Crippen LogP contribution in [-0.4, -0.2) is 11.8 Å². The Balaban J connectivity index is 1.97. The average Bonchev–Trinajstić information content (AvgIpc) is 2.32. The van der Waals surface area contributed by atoms with E-state index in [0.29, 0.717) is 37.6 Å². The van der Waals surface area contributed by atoms with Crippen LogP contribution in [0.25, 0.3) is 0 Å². The number of ketones is 1. The molecule has 17 heavy (non-hydrogen) atoms. The van der Waals surface area contributed by atoms with Crippen molar-refractivity contribution < 1.29 is 14.3 Å². The number of esters is 1. The summed E-state index contributed by atoms with van der Waals surface area (Å²) in [6.07, 6.45) is 1.70. The largest absolute Gasteiger partial charge is 0.461 e. The maximum Gasteiger partial charge on any atom is 0.305 e. The minimum atomic E-state index is -0.186. The number of rotatable bonds is 4. The van der Waals surface area contributed by atoms with Gasteiger partial charge in [0.25, 0.3) is 0 Å². The molecule has 1 saturated carbocycles. The second kappa shape index (κ2) is 5.13. The third-order valence-corrected chi connectivity index (χ3v) is 3.06. The molecule has 1 aromatic rings. The SMILES string of the molecule is CCC(=O)OCc1cccc(C2CC(=O)C2)c1. The predicted octanol–water partition coefficient (Wildman–Crippen LogP) is 2.59. The number of carbonyl (C=O) groups excluding carboxylic acids is 2. The number of hydrogen-bond donors (Lipinski definition) is 0. The Bertz CT molecular complexity index is 429. The Morgan fingerprint density at radius 2 is 2.18 bits per heavy atom. The van der Waals surface area contributed by atoms with Crippen LogP contribution in [-0.2, 0) is 20.9 Å². The first-order valence-electron chi connectivity index (χ1n) is 5.95. The quantitative estimate of drug-likeness (QED) is 0.749. The lowest BCUT2D eigenvalue weighted by Gasteiger charge is -2.24. The first-order chi connectivity index (χ1) is 8.19. The van der Waals surface area contributed by atoms with Crippen molar-refractivity contribution in [2.75, 3.05) is 0 Å². The van der Waals surface area contributed by atoms with E-state index in [0.717, 1.165) is 5.56 Å². The second-order valence-corrected chi connectivity index (χ2v) is 4.40. The van der Waals surface area contributed by atoms with Crippen molar-refractivity contribution in [1.82, 2.24) is 0 Å². The highest BCUT2D eigenvalue weighted by Crippen LogP contribution is 2.33. The molecule has 0 unspecified atom stereocenters. The van der Waals surface area contributed by atoms with E-state index in [1.165, 1.54) is 5.56 Å². The van der Waals surface area contributed by atoms with Crippen LogP contribution in [0.2, 0.25) is 0 Å². The van der Waals surface area contributed by atoms with Crippen molar-refractivity contribution in [3.8, 4) is 0 Å². The minimum Gasteiger partial charge on any atom is -0.461 e. The van der Waals surface area contributed by atoms with Crippen LogP contribution in [0.1, 0.15) is 43.2 Å². The van der Waals surface area contributed by atoms with E-state index >= 15 is 0 Å². The van der Waals surface area contributed by atoms with Crippen LogP contribution in [0.15, 0.2) is 24.3 Å². The standard InChI is InChI=1S/C14H16O3/c1-2-14(16)17-9-10-4-3-5-11(6-10)12-7-13(15)8-12/h3-6,12H,2,7-9H2,1H3. The van der Waals surface area contributed by atoms with Crippen molar-refractivity contribution in [3.63, 3.8) is 0 Å². The maximum absolute atomic E-state index is 11.0. The van der Waals surface area contributed by atoms with Gasteiger partial charge < -0.3 is 4.74 Å². The molecule has 0 N–H and O–H groups in total. The van der Waals surface area contributed by atoms with Crippen LogP contribution >= 0.6 is 0 Å². The highest BCUT2D eigenvalue weighted by atomic mass is 16.5. The number of carbonyl (C=O) groups is 2. The molecule has 0 amide bonds. The minimum absolute atomic E-state index is 0.186. The fraction of sp³-hybridized carbons (Fsp3) is 0.429. The number of Topliss-reactive ketones (excluding diaryl/α,β-unsaturated/α-hetero) is 1. The van der Waals surface area contributed by atoms with Crippen LogP contribution in [0.4, 0.5) is 0 Å². The summed E-state index contributed by atoms with van der Waals surface area (Å²) in [5.41, 5.74) is 2.17. The Morgan fingerprint density at radius 1 is 1.41 bits per heavy atom. The molecule has 1 aliphatic rings. The highest BCUT2D eigenvalue weighted by molar-refractivity contribution is 5.86. The average molecular weight is 232 g/mol. The lowest BCUT2D eigenvalue weighted by atomic mass is 9.78. The van der Waals surface area contributed by atoms with E-state index in [9.17, 15) is 9.59 Å². The third kappa shape index (κ3) is 2.93.